The lowest BCUT2D eigenvalue weighted by molar-refractivity contribution is 0.597. The quantitative estimate of drug-likeness (QED) is 0.839. The van der Waals surface area contributed by atoms with E-state index in [-0.39, 0.29) is 0 Å². The lowest BCUT2D eigenvalue weighted by atomic mass is 10.2. The average molecular weight is 265 g/mol. The summed E-state index contributed by atoms with van der Waals surface area (Å²) in [7, 11) is 0. The fourth-order valence-corrected chi connectivity index (χ4v) is 3.98. The Morgan fingerprint density at radius 3 is 3.00 bits per heavy atom. The average Bonchev–Trinajstić information content (AvgIpc) is 2.88. The summed E-state index contributed by atoms with van der Waals surface area (Å²) < 4.78 is 2.81. The molecule has 0 amide bonds. The lowest BCUT2D eigenvalue weighted by Crippen LogP contribution is -2.02. The van der Waals surface area contributed by atoms with Crippen molar-refractivity contribution in [3.8, 4) is 10.7 Å². The number of aromatic nitrogens is 3. The smallest absolute Gasteiger partial charge is 0.195 e. The maximum absolute atomic E-state index is 5.28. The molecule has 1 N–H and O–H groups in total. The van der Waals surface area contributed by atoms with Crippen molar-refractivity contribution in [2.75, 3.05) is 0 Å². The Morgan fingerprint density at radius 1 is 1.47 bits per heavy atom. The van der Waals surface area contributed by atoms with Crippen LogP contribution in [0.3, 0.4) is 0 Å². The first kappa shape index (κ1) is 11.2. The zero-order valence-corrected chi connectivity index (χ0v) is 11.6. The van der Waals surface area contributed by atoms with Crippen LogP contribution in [0.25, 0.3) is 10.7 Å². The molecule has 3 rings (SSSR count). The van der Waals surface area contributed by atoms with Gasteiger partial charge in [-0.05, 0) is 57.0 Å². The normalized spacial score (nSPS) is 14.5. The number of aryl methyl sites for hydroxylation is 2. The van der Waals surface area contributed by atoms with E-state index in [1.165, 1.54) is 34.6 Å². The molecule has 0 atom stereocenters. The molecule has 0 radical (unpaired) electrons. The number of nitrogens with zero attached hydrogens (tertiary/aromatic N) is 2. The van der Waals surface area contributed by atoms with Crippen LogP contribution in [0.2, 0.25) is 0 Å². The first-order valence-corrected chi connectivity index (χ1v) is 7.18. The number of nitrogens with one attached hydrogen (secondary N) is 1. The molecular weight excluding hydrogens is 250 g/mol. The van der Waals surface area contributed by atoms with Gasteiger partial charge in [0.15, 0.2) is 10.6 Å². The maximum Gasteiger partial charge on any atom is 0.195 e. The van der Waals surface area contributed by atoms with Crippen molar-refractivity contribution in [3.05, 3.63) is 21.3 Å². The summed E-state index contributed by atoms with van der Waals surface area (Å²) in [6, 6.07) is 2.63. The first-order chi connectivity index (χ1) is 8.16. The summed E-state index contributed by atoms with van der Waals surface area (Å²) in [6.45, 7) is 4.27. The van der Waals surface area contributed by atoms with E-state index in [2.05, 4.69) is 34.7 Å². The summed E-state index contributed by atoms with van der Waals surface area (Å²) >= 11 is 7.15. The third kappa shape index (κ3) is 1.77. The molecule has 90 valence electrons. The number of hydrogen-bond donors (Lipinski definition) is 1. The van der Waals surface area contributed by atoms with Gasteiger partial charge in [0.1, 0.15) is 0 Å². The number of hydrogen-bond acceptors (Lipinski definition) is 3. The predicted octanol–water partition coefficient (Wildman–Crippen LogP) is 3.74. The van der Waals surface area contributed by atoms with E-state index in [0.29, 0.717) is 10.8 Å². The van der Waals surface area contributed by atoms with Crippen LogP contribution in [-0.4, -0.2) is 14.8 Å². The Balaban J connectivity index is 2.12. The topological polar surface area (TPSA) is 33.6 Å². The summed E-state index contributed by atoms with van der Waals surface area (Å²) in [5, 5.41) is 7.28. The van der Waals surface area contributed by atoms with Crippen molar-refractivity contribution < 1.29 is 0 Å². The Labute approximate surface area is 109 Å². The van der Waals surface area contributed by atoms with E-state index in [1.54, 1.807) is 0 Å². The maximum atomic E-state index is 5.28. The highest BCUT2D eigenvalue weighted by Crippen LogP contribution is 2.36. The molecule has 2 aromatic heterocycles. The number of H-pyrrole nitrogens is 1. The van der Waals surface area contributed by atoms with E-state index in [0.717, 1.165) is 5.82 Å². The van der Waals surface area contributed by atoms with Crippen molar-refractivity contribution in [2.45, 2.75) is 39.2 Å². The second-order valence-electron chi connectivity index (χ2n) is 4.73. The SMILES string of the molecule is CC(C)n1c(-c2cc3c(s2)CCC3)n[nH]c1=S. The molecule has 2 heterocycles. The van der Waals surface area contributed by atoms with Gasteiger partial charge in [-0.25, -0.2) is 0 Å². The van der Waals surface area contributed by atoms with Gasteiger partial charge in [0.25, 0.3) is 0 Å². The number of thiophene rings is 1. The number of aromatic amines is 1. The minimum atomic E-state index is 0.341. The monoisotopic (exact) mass is 265 g/mol. The number of fused-ring (bicyclic) bond motifs is 1. The molecule has 0 saturated carbocycles. The second-order valence-corrected chi connectivity index (χ2v) is 6.25. The van der Waals surface area contributed by atoms with Crippen LogP contribution in [0.5, 0.6) is 0 Å². The van der Waals surface area contributed by atoms with Crippen LogP contribution in [0.4, 0.5) is 0 Å². The minimum absolute atomic E-state index is 0.341. The Morgan fingerprint density at radius 2 is 2.29 bits per heavy atom. The van der Waals surface area contributed by atoms with Crippen molar-refractivity contribution in [1.82, 2.24) is 14.8 Å². The molecule has 17 heavy (non-hydrogen) atoms. The largest absolute Gasteiger partial charge is 0.297 e. The highest BCUT2D eigenvalue weighted by molar-refractivity contribution is 7.71. The van der Waals surface area contributed by atoms with E-state index in [9.17, 15) is 0 Å². The molecule has 0 saturated heterocycles. The fraction of sp³-hybridized carbons (Fsp3) is 0.500. The summed E-state index contributed by atoms with van der Waals surface area (Å²) in [5.74, 6) is 0.990. The second kappa shape index (κ2) is 4.07. The van der Waals surface area contributed by atoms with Crippen LogP contribution in [0.15, 0.2) is 6.07 Å². The molecule has 5 heteroatoms. The molecule has 2 aromatic rings. The molecule has 0 fully saturated rings. The zero-order chi connectivity index (χ0) is 12.0. The van der Waals surface area contributed by atoms with E-state index < -0.39 is 0 Å². The van der Waals surface area contributed by atoms with Crippen LogP contribution < -0.4 is 0 Å². The van der Waals surface area contributed by atoms with Crippen molar-refractivity contribution in [3.63, 3.8) is 0 Å². The Kier molecular flexibility index (Phi) is 2.67. The van der Waals surface area contributed by atoms with E-state index in [1.807, 2.05) is 11.3 Å². The highest BCUT2D eigenvalue weighted by atomic mass is 32.1. The van der Waals surface area contributed by atoms with E-state index >= 15 is 0 Å². The zero-order valence-electron chi connectivity index (χ0n) is 9.99. The molecule has 0 aromatic carbocycles. The van der Waals surface area contributed by atoms with Gasteiger partial charge in [0, 0.05) is 10.9 Å². The standard InChI is InChI=1S/C12H15N3S2/c1-7(2)15-11(13-14-12(15)16)10-6-8-4-3-5-9(8)17-10/h6-7H,3-5H2,1-2H3,(H,14,16). The van der Waals surface area contributed by atoms with Gasteiger partial charge in [-0.15, -0.1) is 11.3 Å². The number of rotatable bonds is 2. The van der Waals surface area contributed by atoms with E-state index in [4.69, 9.17) is 12.2 Å². The van der Waals surface area contributed by atoms with Gasteiger partial charge in [0.2, 0.25) is 0 Å². The third-order valence-electron chi connectivity index (χ3n) is 3.19. The third-order valence-corrected chi connectivity index (χ3v) is 4.71. The molecule has 1 aliphatic rings. The lowest BCUT2D eigenvalue weighted by Gasteiger charge is -2.08. The molecule has 0 bridgehead atoms. The fourth-order valence-electron chi connectivity index (χ4n) is 2.40. The predicted molar refractivity (Wildman–Crippen MR) is 73.1 cm³/mol. The molecule has 3 nitrogen and oxygen atoms in total. The molecule has 1 aliphatic carbocycles. The summed E-state index contributed by atoms with van der Waals surface area (Å²) in [4.78, 5) is 2.78. The van der Waals surface area contributed by atoms with Gasteiger partial charge in [-0.2, -0.15) is 5.10 Å². The summed E-state index contributed by atoms with van der Waals surface area (Å²) in [6.07, 6.45) is 3.75. The van der Waals surface area contributed by atoms with Crippen LogP contribution in [0.1, 0.15) is 36.8 Å². The molecular formula is C12H15N3S2. The van der Waals surface area contributed by atoms with Gasteiger partial charge in [-0.1, -0.05) is 0 Å². The summed E-state index contributed by atoms with van der Waals surface area (Å²) in [5.41, 5.74) is 1.51. The van der Waals surface area contributed by atoms with Crippen LogP contribution in [-0.2, 0) is 12.8 Å². The van der Waals surface area contributed by atoms with Crippen LogP contribution >= 0.6 is 23.6 Å². The highest BCUT2D eigenvalue weighted by Gasteiger charge is 2.19. The van der Waals surface area contributed by atoms with Crippen molar-refractivity contribution >= 4 is 23.6 Å². The van der Waals surface area contributed by atoms with Crippen molar-refractivity contribution in [1.29, 1.82) is 0 Å². The molecule has 0 unspecified atom stereocenters. The molecule has 0 spiro atoms. The first-order valence-electron chi connectivity index (χ1n) is 5.95. The van der Waals surface area contributed by atoms with Gasteiger partial charge in [-0.3, -0.25) is 9.67 Å². The minimum Gasteiger partial charge on any atom is -0.297 e. The van der Waals surface area contributed by atoms with Crippen molar-refractivity contribution in [2.24, 2.45) is 0 Å². The van der Waals surface area contributed by atoms with Crippen LogP contribution in [0, 0.1) is 4.77 Å². The Bertz CT molecular complexity index is 582. The Hall–Kier alpha value is -0.940. The van der Waals surface area contributed by atoms with Gasteiger partial charge in [0.05, 0.1) is 4.88 Å². The van der Waals surface area contributed by atoms with Gasteiger partial charge < -0.3 is 0 Å². The molecule has 0 aliphatic heterocycles. The van der Waals surface area contributed by atoms with Gasteiger partial charge >= 0.3 is 0 Å².